The van der Waals surface area contributed by atoms with Gasteiger partial charge in [0.2, 0.25) is 0 Å². The fourth-order valence-corrected chi connectivity index (χ4v) is 1.42. The molecule has 2 N–H and O–H groups in total. The molecule has 1 fully saturated rings. The Kier molecular flexibility index (Phi) is 2.54. The molecular formula is C8H9IN2O2. The van der Waals surface area contributed by atoms with Crippen molar-refractivity contribution >= 4 is 28.4 Å². The number of halogens is 1. The van der Waals surface area contributed by atoms with E-state index < -0.39 is 0 Å². The largest absolute Gasteiger partial charge is 0.484 e. The Morgan fingerprint density at radius 2 is 2.38 bits per heavy atom. The first-order valence-electron chi connectivity index (χ1n) is 3.91. The van der Waals surface area contributed by atoms with Crippen molar-refractivity contribution in [2.75, 3.05) is 18.9 Å². The molecule has 70 valence electrons. The first-order chi connectivity index (χ1) is 6.25. The van der Waals surface area contributed by atoms with E-state index in [0.29, 0.717) is 19.0 Å². The third-order valence-electron chi connectivity index (χ3n) is 1.75. The molecular weight excluding hydrogens is 283 g/mol. The number of aromatic nitrogens is 1. The van der Waals surface area contributed by atoms with E-state index in [1.54, 1.807) is 6.20 Å². The maximum atomic E-state index is 5.57. The maximum Gasteiger partial charge on any atom is 0.145 e. The lowest BCUT2D eigenvalue weighted by molar-refractivity contribution is -0.0798. The highest BCUT2D eigenvalue weighted by molar-refractivity contribution is 14.1. The molecule has 1 saturated heterocycles. The first-order valence-corrected chi connectivity index (χ1v) is 4.99. The van der Waals surface area contributed by atoms with Gasteiger partial charge in [-0.2, -0.15) is 0 Å². The van der Waals surface area contributed by atoms with Gasteiger partial charge < -0.3 is 15.2 Å². The summed E-state index contributed by atoms with van der Waals surface area (Å²) in [6.45, 7) is 1.34. The Hall–Kier alpha value is -0.560. The summed E-state index contributed by atoms with van der Waals surface area (Å²) >= 11 is 2.13. The van der Waals surface area contributed by atoms with Crippen molar-refractivity contribution in [1.82, 2.24) is 4.98 Å². The maximum absolute atomic E-state index is 5.57. The summed E-state index contributed by atoms with van der Waals surface area (Å²) in [5.41, 5.74) is 5.57. The third-order valence-corrected chi connectivity index (χ3v) is 2.62. The Labute approximate surface area is 89.6 Å². The second-order valence-corrected chi connectivity index (χ2v) is 3.98. The minimum Gasteiger partial charge on any atom is -0.484 e. The van der Waals surface area contributed by atoms with Crippen molar-refractivity contribution in [3.63, 3.8) is 0 Å². The molecule has 2 rings (SSSR count). The predicted octanol–water partition coefficient (Wildman–Crippen LogP) is 1.05. The molecule has 0 amide bonds. The van der Waals surface area contributed by atoms with Crippen LogP contribution in [0.5, 0.6) is 5.75 Å². The van der Waals surface area contributed by atoms with Gasteiger partial charge in [-0.15, -0.1) is 0 Å². The van der Waals surface area contributed by atoms with E-state index in [0.717, 1.165) is 9.32 Å². The van der Waals surface area contributed by atoms with Crippen LogP contribution in [-0.2, 0) is 4.74 Å². The van der Waals surface area contributed by atoms with Crippen molar-refractivity contribution in [1.29, 1.82) is 0 Å². The van der Waals surface area contributed by atoms with E-state index in [2.05, 4.69) is 27.6 Å². The van der Waals surface area contributed by atoms with Crippen LogP contribution in [0.25, 0.3) is 0 Å². The number of pyridine rings is 1. The highest BCUT2D eigenvalue weighted by atomic mass is 127. The minimum atomic E-state index is 0.182. The van der Waals surface area contributed by atoms with Gasteiger partial charge in [0.1, 0.15) is 17.7 Å². The smallest absolute Gasteiger partial charge is 0.145 e. The van der Waals surface area contributed by atoms with E-state index in [4.69, 9.17) is 15.2 Å². The number of nitrogens with zero attached hydrogens (tertiary/aromatic N) is 1. The molecule has 1 aromatic heterocycles. The first kappa shape index (κ1) is 9.01. The van der Waals surface area contributed by atoms with Crippen LogP contribution < -0.4 is 10.5 Å². The lowest BCUT2D eigenvalue weighted by Crippen LogP contribution is -2.38. The summed E-state index contributed by atoms with van der Waals surface area (Å²) in [6.07, 6.45) is 1.82. The average molecular weight is 292 g/mol. The molecule has 1 aliphatic heterocycles. The van der Waals surface area contributed by atoms with Crippen LogP contribution in [0.15, 0.2) is 12.3 Å². The normalized spacial score (nSPS) is 16.7. The van der Waals surface area contributed by atoms with Crippen LogP contribution in [-0.4, -0.2) is 24.3 Å². The van der Waals surface area contributed by atoms with E-state index in [1.807, 2.05) is 6.07 Å². The molecule has 2 heterocycles. The van der Waals surface area contributed by atoms with Gasteiger partial charge in [0.15, 0.2) is 0 Å². The quantitative estimate of drug-likeness (QED) is 0.828. The van der Waals surface area contributed by atoms with Crippen molar-refractivity contribution in [3.05, 3.63) is 15.8 Å². The summed E-state index contributed by atoms with van der Waals surface area (Å²) in [5, 5.41) is 0. The van der Waals surface area contributed by atoms with Crippen LogP contribution in [0.4, 0.5) is 5.82 Å². The number of rotatable bonds is 2. The zero-order valence-electron chi connectivity index (χ0n) is 6.87. The summed E-state index contributed by atoms with van der Waals surface area (Å²) in [4.78, 5) is 3.99. The Bertz CT molecular complexity index is 315. The molecule has 0 spiro atoms. The zero-order valence-corrected chi connectivity index (χ0v) is 9.02. The Balaban J connectivity index is 2.07. The van der Waals surface area contributed by atoms with E-state index in [1.165, 1.54) is 0 Å². The van der Waals surface area contributed by atoms with Crippen LogP contribution in [0, 0.1) is 3.57 Å². The molecule has 4 nitrogen and oxygen atoms in total. The topological polar surface area (TPSA) is 57.4 Å². The van der Waals surface area contributed by atoms with Crippen LogP contribution in [0.1, 0.15) is 0 Å². The molecule has 1 aromatic rings. The van der Waals surface area contributed by atoms with Gasteiger partial charge in [-0.25, -0.2) is 4.98 Å². The number of ether oxygens (including phenoxy) is 2. The SMILES string of the molecule is Nc1ncc(OC2COC2)cc1I. The molecule has 1 aliphatic rings. The second kappa shape index (κ2) is 3.67. The van der Waals surface area contributed by atoms with Crippen LogP contribution in [0.3, 0.4) is 0 Å². The summed E-state index contributed by atoms with van der Waals surface area (Å²) in [5.74, 6) is 1.30. The fourth-order valence-electron chi connectivity index (χ4n) is 0.970. The zero-order chi connectivity index (χ0) is 9.26. The molecule has 13 heavy (non-hydrogen) atoms. The molecule has 0 aromatic carbocycles. The van der Waals surface area contributed by atoms with Gasteiger partial charge in [0.05, 0.1) is 23.0 Å². The van der Waals surface area contributed by atoms with Crippen LogP contribution in [0.2, 0.25) is 0 Å². The molecule has 0 aliphatic carbocycles. The van der Waals surface area contributed by atoms with E-state index in [9.17, 15) is 0 Å². The van der Waals surface area contributed by atoms with Crippen LogP contribution >= 0.6 is 22.6 Å². The number of hydrogen-bond donors (Lipinski definition) is 1. The van der Waals surface area contributed by atoms with Crippen molar-refractivity contribution < 1.29 is 9.47 Å². The van der Waals surface area contributed by atoms with Gasteiger partial charge in [0, 0.05) is 0 Å². The highest BCUT2D eigenvalue weighted by Gasteiger charge is 2.20. The highest BCUT2D eigenvalue weighted by Crippen LogP contribution is 2.20. The van der Waals surface area contributed by atoms with E-state index >= 15 is 0 Å². The van der Waals surface area contributed by atoms with Gasteiger partial charge in [-0.1, -0.05) is 0 Å². The standard InChI is InChI=1S/C8H9IN2O2/c9-7-1-5(2-11-8(7)10)13-6-3-12-4-6/h1-2,6H,3-4H2,(H2,10,11). The summed E-state index contributed by atoms with van der Waals surface area (Å²) < 4.78 is 11.4. The number of nitrogens with two attached hydrogens (primary N) is 1. The van der Waals surface area contributed by atoms with E-state index in [-0.39, 0.29) is 6.10 Å². The minimum absolute atomic E-state index is 0.182. The van der Waals surface area contributed by atoms with Gasteiger partial charge >= 0.3 is 0 Å². The third kappa shape index (κ3) is 2.02. The van der Waals surface area contributed by atoms with Gasteiger partial charge in [0.25, 0.3) is 0 Å². The average Bonchev–Trinajstić information content (AvgIpc) is 2.04. The fraction of sp³-hybridized carbons (Fsp3) is 0.375. The summed E-state index contributed by atoms with van der Waals surface area (Å²) in [6, 6.07) is 1.88. The van der Waals surface area contributed by atoms with Crippen molar-refractivity contribution in [2.24, 2.45) is 0 Å². The molecule has 0 bridgehead atoms. The predicted molar refractivity (Wildman–Crippen MR) is 56.6 cm³/mol. The second-order valence-electron chi connectivity index (χ2n) is 2.82. The molecule has 5 heteroatoms. The molecule has 0 radical (unpaired) electrons. The lowest BCUT2D eigenvalue weighted by atomic mass is 10.3. The Morgan fingerprint density at radius 3 is 2.92 bits per heavy atom. The summed E-state index contributed by atoms with van der Waals surface area (Å²) in [7, 11) is 0. The number of nitrogen functional groups attached to an aromatic ring is 1. The number of anilines is 1. The monoisotopic (exact) mass is 292 g/mol. The van der Waals surface area contributed by atoms with Gasteiger partial charge in [-0.05, 0) is 28.7 Å². The van der Waals surface area contributed by atoms with Crippen molar-refractivity contribution in [3.8, 4) is 5.75 Å². The molecule has 0 atom stereocenters. The molecule has 0 unspecified atom stereocenters. The van der Waals surface area contributed by atoms with Gasteiger partial charge in [-0.3, -0.25) is 0 Å². The number of hydrogen-bond acceptors (Lipinski definition) is 4. The van der Waals surface area contributed by atoms with Crippen molar-refractivity contribution in [2.45, 2.75) is 6.10 Å². The lowest BCUT2D eigenvalue weighted by Gasteiger charge is -2.26. The molecule has 0 saturated carbocycles. The Morgan fingerprint density at radius 1 is 1.62 bits per heavy atom.